The number of nitrogens with one attached hydrogen (secondary N) is 1. The van der Waals surface area contributed by atoms with Gasteiger partial charge < -0.3 is 14.8 Å². The van der Waals surface area contributed by atoms with Gasteiger partial charge in [-0.05, 0) is 25.5 Å². The van der Waals surface area contributed by atoms with Crippen molar-refractivity contribution >= 4 is 11.6 Å². The molecule has 7 nitrogen and oxygen atoms in total. The van der Waals surface area contributed by atoms with Crippen LogP contribution in [0.25, 0.3) is 0 Å². The van der Waals surface area contributed by atoms with Crippen molar-refractivity contribution in [1.82, 2.24) is 5.32 Å². The Balaban J connectivity index is 1.93. The fourth-order valence-electron chi connectivity index (χ4n) is 3.25. The van der Waals surface area contributed by atoms with Crippen molar-refractivity contribution in [2.45, 2.75) is 26.3 Å². The Hall–Kier alpha value is -3.09. The second-order valence-electron chi connectivity index (χ2n) is 6.31. The summed E-state index contributed by atoms with van der Waals surface area (Å²) in [5.74, 6) is 0.668. The van der Waals surface area contributed by atoms with Crippen molar-refractivity contribution in [1.29, 1.82) is 0 Å². The molecule has 1 heterocycles. The van der Waals surface area contributed by atoms with Gasteiger partial charge in [-0.15, -0.1) is 0 Å². The SMILES string of the molecule is COc1ccc([N+](=O)[O-])cc1C(=O)NC1CCOc2c(C)cc(C)cc21. The molecule has 1 atom stereocenters. The molecule has 7 heteroatoms. The zero-order chi connectivity index (χ0) is 18.8. The maximum Gasteiger partial charge on any atom is 0.270 e. The molecule has 2 aromatic carbocycles. The molecule has 1 aliphatic heterocycles. The summed E-state index contributed by atoms with van der Waals surface area (Å²) in [6, 6.07) is 7.78. The number of ether oxygens (including phenoxy) is 2. The first-order valence-electron chi connectivity index (χ1n) is 8.28. The van der Waals surface area contributed by atoms with Crippen molar-refractivity contribution in [2.75, 3.05) is 13.7 Å². The van der Waals surface area contributed by atoms with Crippen LogP contribution < -0.4 is 14.8 Å². The summed E-state index contributed by atoms with van der Waals surface area (Å²) in [7, 11) is 1.43. The second kappa shape index (κ2) is 7.03. The fraction of sp³-hybridized carbons (Fsp3) is 0.316. The summed E-state index contributed by atoms with van der Waals surface area (Å²) in [4.78, 5) is 23.3. The Kier molecular flexibility index (Phi) is 4.79. The van der Waals surface area contributed by atoms with Gasteiger partial charge in [-0.25, -0.2) is 0 Å². The normalized spacial score (nSPS) is 15.6. The van der Waals surface area contributed by atoms with Gasteiger partial charge in [0.2, 0.25) is 0 Å². The van der Waals surface area contributed by atoms with Crippen LogP contribution in [0.3, 0.4) is 0 Å². The highest BCUT2D eigenvalue weighted by molar-refractivity contribution is 5.98. The molecule has 0 radical (unpaired) electrons. The highest BCUT2D eigenvalue weighted by Gasteiger charge is 2.27. The number of carbonyl (C=O) groups is 1. The van der Waals surface area contributed by atoms with Gasteiger partial charge in [0.25, 0.3) is 11.6 Å². The average Bonchev–Trinajstić information content (AvgIpc) is 2.61. The predicted octanol–water partition coefficient (Wildman–Crippen LogP) is 3.47. The third-order valence-electron chi connectivity index (χ3n) is 4.42. The quantitative estimate of drug-likeness (QED) is 0.669. The van der Waals surface area contributed by atoms with E-state index in [1.54, 1.807) is 0 Å². The molecule has 1 unspecified atom stereocenters. The molecule has 0 aliphatic carbocycles. The summed E-state index contributed by atoms with van der Waals surface area (Å²) in [5, 5.41) is 14.0. The van der Waals surface area contributed by atoms with Crippen molar-refractivity contribution in [2.24, 2.45) is 0 Å². The number of hydrogen-bond donors (Lipinski definition) is 1. The van der Waals surface area contributed by atoms with E-state index in [2.05, 4.69) is 5.32 Å². The minimum atomic E-state index is -0.535. The van der Waals surface area contributed by atoms with E-state index in [-0.39, 0.29) is 17.3 Å². The number of nitro benzene ring substituents is 1. The molecule has 0 bridgehead atoms. The van der Waals surface area contributed by atoms with E-state index in [1.165, 1.54) is 25.3 Å². The van der Waals surface area contributed by atoms with Gasteiger partial charge in [-0.2, -0.15) is 0 Å². The summed E-state index contributed by atoms with van der Waals surface area (Å²) >= 11 is 0. The Labute approximate surface area is 151 Å². The highest BCUT2D eigenvalue weighted by atomic mass is 16.6. The van der Waals surface area contributed by atoms with Crippen LogP contribution in [0.4, 0.5) is 5.69 Å². The molecular formula is C19H20N2O5. The van der Waals surface area contributed by atoms with Crippen molar-refractivity contribution in [3.63, 3.8) is 0 Å². The molecule has 3 rings (SSSR count). The molecule has 136 valence electrons. The van der Waals surface area contributed by atoms with E-state index in [4.69, 9.17) is 9.47 Å². The van der Waals surface area contributed by atoms with Crippen LogP contribution >= 0.6 is 0 Å². The number of rotatable bonds is 4. The van der Waals surface area contributed by atoms with E-state index in [9.17, 15) is 14.9 Å². The Morgan fingerprint density at radius 1 is 1.31 bits per heavy atom. The first-order chi connectivity index (χ1) is 12.4. The summed E-state index contributed by atoms with van der Waals surface area (Å²) < 4.78 is 10.9. The molecule has 0 fully saturated rings. The maximum absolute atomic E-state index is 12.8. The molecule has 2 aromatic rings. The van der Waals surface area contributed by atoms with Crippen LogP contribution in [0.15, 0.2) is 30.3 Å². The summed E-state index contributed by atoms with van der Waals surface area (Å²) in [6.45, 7) is 4.46. The van der Waals surface area contributed by atoms with Crippen molar-refractivity contribution in [3.05, 3.63) is 62.7 Å². The van der Waals surface area contributed by atoms with E-state index < -0.39 is 10.8 Å². The molecule has 0 saturated heterocycles. The van der Waals surface area contributed by atoms with Crippen LogP contribution in [0.2, 0.25) is 0 Å². The molecule has 0 aromatic heterocycles. The largest absolute Gasteiger partial charge is 0.496 e. The average molecular weight is 356 g/mol. The van der Waals surface area contributed by atoms with E-state index in [0.29, 0.717) is 18.8 Å². The predicted molar refractivity (Wildman–Crippen MR) is 95.9 cm³/mol. The van der Waals surface area contributed by atoms with Crippen molar-refractivity contribution < 1.29 is 19.2 Å². The minimum absolute atomic E-state index is 0.138. The number of nitro groups is 1. The summed E-state index contributed by atoms with van der Waals surface area (Å²) in [5.41, 5.74) is 3.01. The van der Waals surface area contributed by atoms with E-state index in [0.717, 1.165) is 22.4 Å². The lowest BCUT2D eigenvalue weighted by Crippen LogP contribution is -2.32. The van der Waals surface area contributed by atoms with E-state index >= 15 is 0 Å². The highest BCUT2D eigenvalue weighted by Crippen LogP contribution is 2.36. The zero-order valence-corrected chi connectivity index (χ0v) is 14.9. The van der Waals surface area contributed by atoms with Gasteiger partial charge in [-0.1, -0.05) is 17.7 Å². The molecule has 1 aliphatic rings. The molecule has 1 N–H and O–H groups in total. The number of carbonyl (C=O) groups excluding carboxylic acids is 1. The third kappa shape index (κ3) is 3.33. The lowest BCUT2D eigenvalue weighted by atomic mass is 9.95. The lowest BCUT2D eigenvalue weighted by Gasteiger charge is -2.28. The lowest BCUT2D eigenvalue weighted by molar-refractivity contribution is -0.384. The van der Waals surface area contributed by atoms with Crippen LogP contribution in [-0.2, 0) is 0 Å². The van der Waals surface area contributed by atoms with Crippen LogP contribution in [-0.4, -0.2) is 24.5 Å². The second-order valence-corrected chi connectivity index (χ2v) is 6.31. The molecule has 26 heavy (non-hydrogen) atoms. The van der Waals surface area contributed by atoms with Crippen LogP contribution in [0.1, 0.15) is 39.5 Å². The first kappa shape index (κ1) is 17.7. The van der Waals surface area contributed by atoms with Crippen LogP contribution in [0.5, 0.6) is 11.5 Å². The Bertz CT molecular complexity index is 878. The topological polar surface area (TPSA) is 90.7 Å². The van der Waals surface area contributed by atoms with E-state index in [1.807, 2.05) is 26.0 Å². The Morgan fingerprint density at radius 2 is 2.08 bits per heavy atom. The monoisotopic (exact) mass is 356 g/mol. The number of benzene rings is 2. The molecular weight excluding hydrogens is 336 g/mol. The number of nitrogens with zero attached hydrogens (tertiary/aromatic N) is 1. The van der Waals surface area contributed by atoms with Gasteiger partial charge in [0.15, 0.2) is 0 Å². The molecule has 1 amide bonds. The summed E-state index contributed by atoms with van der Waals surface area (Å²) in [6.07, 6.45) is 0.624. The first-order valence-corrected chi connectivity index (χ1v) is 8.28. The number of amides is 1. The number of aryl methyl sites for hydroxylation is 2. The number of fused-ring (bicyclic) bond motifs is 1. The Morgan fingerprint density at radius 3 is 2.77 bits per heavy atom. The van der Waals surface area contributed by atoms with Gasteiger partial charge in [0.05, 0.1) is 30.2 Å². The zero-order valence-electron chi connectivity index (χ0n) is 14.9. The van der Waals surface area contributed by atoms with Gasteiger partial charge >= 0.3 is 0 Å². The van der Waals surface area contributed by atoms with Gasteiger partial charge in [-0.3, -0.25) is 14.9 Å². The fourth-order valence-corrected chi connectivity index (χ4v) is 3.25. The van der Waals surface area contributed by atoms with Gasteiger partial charge in [0, 0.05) is 24.1 Å². The molecule has 0 saturated carbocycles. The van der Waals surface area contributed by atoms with Crippen LogP contribution in [0, 0.1) is 24.0 Å². The third-order valence-corrected chi connectivity index (χ3v) is 4.42. The van der Waals surface area contributed by atoms with Gasteiger partial charge in [0.1, 0.15) is 11.5 Å². The molecule has 0 spiro atoms. The van der Waals surface area contributed by atoms with Crippen molar-refractivity contribution in [3.8, 4) is 11.5 Å². The standard InChI is InChI=1S/C19H20N2O5/c1-11-8-12(2)18-14(9-11)16(6-7-26-18)20-19(22)15-10-13(21(23)24)4-5-17(15)25-3/h4-5,8-10,16H,6-7H2,1-3H3,(H,20,22). The smallest absolute Gasteiger partial charge is 0.270 e. The number of non-ortho nitro benzene ring substituents is 1. The number of methoxy groups -OCH3 is 1. The maximum atomic E-state index is 12.8. The number of hydrogen-bond acceptors (Lipinski definition) is 5. The minimum Gasteiger partial charge on any atom is -0.496 e.